The SMILES string of the molecule is O=S(Cc1ccccc1)c1cccc(-c2cccc(SCc3ccccc3)n2)n1. The zero-order valence-corrected chi connectivity index (χ0v) is 17.4. The Bertz CT molecular complexity index is 1100. The van der Waals surface area contributed by atoms with E-state index in [-0.39, 0.29) is 0 Å². The molecule has 2 aromatic carbocycles. The van der Waals surface area contributed by atoms with Crippen LogP contribution in [0.15, 0.2) is 107 Å². The molecule has 0 aliphatic carbocycles. The molecule has 1 atom stereocenters. The zero-order chi connectivity index (χ0) is 19.9. The molecule has 0 aliphatic heterocycles. The van der Waals surface area contributed by atoms with E-state index in [1.807, 2.05) is 84.9 Å². The Labute approximate surface area is 177 Å². The summed E-state index contributed by atoms with van der Waals surface area (Å²) in [6.45, 7) is 0. The molecule has 144 valence electrons. The average molecular weight is 417 g/mol. The van der Waals surface area contributed by atoms with Crippen molar-refractivity contribution in [2.45, 2.75) is 21.6 Å². The molecular formula is C24H20N2OS2. The summed E-state index contributed by atoms with van der Waals surface area (Å²) in [5.41, 5.74) is 3.84. The molecule has 0 N–H and O–H groups in total. The largest absolute Gasteiger partial charge is 0.252 e. The summed E-state index contributed by atoms with van der Waals surface area (Å²) >= 11 is 1.70. The molecule has 0 amide bonds. The van der Waals surface area contributed by atoms with E-state index < -0.39 is 10.8 Å². The van der Waals surface area contributed by atoms with Crippen molar-refractivity contribution in [3.63, 3.8) is 0 Å². The van der Waals surface area contributed by atoms with Gasteiger partial charge in [-0.25, -0.2) is 9.97 Å². The quantitative estimate of drug-likeness (QED) is 0.360. The molecule has 0 saturated heterocycles. The highest BCUT2D eigenvalue weighted by molar-refractivity contribution is 7.98. The first kappa shape index (κ1) is 19.6. The molecule has 0 fully saturated rings. The second kappa shape index (κ2) is 9.63. The van der Waals surface area contributed by atoms with Crippen molar-refractivity contribution < 1.29 is 4.21 Å². The van der Waals surface area contributed by atoms with Crippen LogP contribution < -0.4 is 0 Å². The molecule has 5 heteroatoms. The Balaban J connectivity index is 1.50. The van der Waals surface area contributed by atoms with Gasteiger partial charge in [-0.15, -0.1) is 11.8 Å². The first-order chi connectivity index (χ1) is 14.3. The average Bonchev–Trinajstić information content (AvgIpc) is 2.79. The highest BCUT2D eigenvalue weighted by Gasteiger charge is 2.10. The summed E-state index contributed by atoms with van der Waals surface area (Å²) < 4.78 is 12.7. The maximum atomic E-state index is 12.7. The minimum atomic E-state index is -1.20. The molecule has 0 aliphatic rings. The fraction of sp³-hybridized carbons (Fsp3) is 0.0833. The number of thioether (sulfide) groups is 1. The number of hydrogen-bond donors (Lipinski definition) is 0. The van der Waals surface area contributed by atoms with E-state index in [1.165, 1.54) is 5.56 Å². The first-order valence-electron chi connectivity index (χ1n) is 9.31. The summed E-state index contributed by atoms with van der Waals surface area (Å²) in [6, 6.07) is 31.7. The highest BCUT2D eigenvalue weighted by atomic mass is 32.2. The molecular weight excluding hydrogens is 396 g/mol. The van der Waals surface area contributed by atoms with Gasteiger partial charge in [0.05, 0.1) is 33.0 Å². The van der Waals surface area contributed by atoms with Gasteiger partial charge in [0.2, 0.25) is 0 Å². The van der Waals surface area contributed by atoms with Gasteiger partial charge >= 0.3 is 0 Å². The monoisotopic (exact) mass is 416 g/mol. The van der Waals surface area contributed by atoms with Crippen LogP contribution in [0.2, 0.25) is 0 Å². The second-order valence-electron chi connectivity index (χ2n) is 6.47. The number of hydrogen-bond acceptors (Lipinski definition) is 4. The van der Waals surface area contributed by atoms with Crippen LogP contribution in [-0.4, -0.2) is 14.2 Å². The van der Waals surface area contributed by atoms with E-state index in [0.29, 0.717) is 10.8 Å². The van der Waals surface area contributed by atoms with Crippen LogP contribution in [0.1, 0.15) is 11.1 Å². The van der Waals surface area contributed by atoms with Gasteiger partial charge in [0, 0.05) is 5.75 Å². The Morgan fingerprint density at radius 2 is 1.28 bits per heavy atom. The maximum absolute atomic E-state index is 12.7. The van der Waals surface area contributed by atoms with Crippen LogP contribution >= 0.6 is 11.8 Å². The summed E-state index contributed by atoms with van der Waals surface area (Å²) in [4.78, 5) is 9.37. The second-order valence-corrected chi connectivity index (χ2v) is 8.87. The van der Waals surface area contributed by atoms with Gasteiger partial charge in [0.1, 0.15) is 5.03 Å². The lowest BCUT2D eigenvalue weighted by molar-refractivity contribution is 0.680. The van der Waals surface area contributed by atoms with E-state index in [9.17, 15) is 4.21 Å². The number of nitrogens with zero attached hydrogens (tertiary/aromatic N) is 2. The first-order valence-corrected chi connectivity index (χ1v) is 11.6. The van der Waals surface area contributed by atoms with Crippen molar-refractivity contribution in [1.29, 1.82) is 0 Å². The molecule has 4 aromatic rings. The molecule has 0 saturated carbocycles. The van der Waals surface area contributed by atoms with Crippen molar-refractivity contribution >= 4 is 22.6 Å². The molecule has 0 bridgehead atoms. The van der Waals surface area contributed by atoms with Crippen LogP contribution in [0.5, 0.6) is 0 Å². The summed E-state index contributed by atoms with van der Waals surface area (Å²) in [6.07, 6.45) is 0. The predicted molar refractivity (Wildman–Crippen MR) is 120 cm³/mol. The van der Waals surface area contributed by atoms with E-state index in [1.54, 1.807) is 11.8 Å². The van der Waals surface area contributed by atoms with Gasteiger partial charge < -0.3 is 0 Å². The molecule has 0 spiro atoms. The number of rotatable bonds is 7. The van der Waals surface area contributed by atoms with Crippen molar-refractivity contribution in [3.05, 3.63) is 108 Å². The van der Waals surface area contributed by atoms with Gasteiger partial charge in [-0.05, 0) is 35.4 Å². The van der Waals surface area contributed by atoms with Crippen LogP contribution in [0, 0.1) is 0 Å². The summed E-state index contributed by atoms with van der Waals surface area (Å²) in [5.74, 6) is 1.32. The molecule has 2 heterocycles. The Morgan fingerprint density at radius 1 is 0.655 bits per heavy atom. The minimum Gasteiger partial charge on any atom is -0.252 e. The molecule has 1 unspecified atom stereocenters. The normalized spacial score (nSPS) is 11.9. The smallest absolute Gasteiger partial charge is 0.128 e. The van der Waals surface area contributed by atoms with Crippen molar-refractivity contribution in [2.75, 3.05) is 0 Å². The Hall–Kier alpha value is -2.76. The zero-order valence-electron chi connectivity index (χ0n) is 15.8. The minimum absolute atomic E-state index is 0.456. The van der Waals surface area contributed by atoms with Crippen LogP contribution in [-0.2, 0) is 22.3 Å². The van der Waals surface area contributed by atoms with E-state index >= 15 is 0 Å². The van der Waals surface area contributed by atoms with E-state index in [2.05, 4.69) is 17.1 Å². The third-order valence-electron chi connectivity index (χ3n) is 4.31. The molecule has 0 radical (unpaired) electrons. The third-order valence-corrected chi connectivity index (χ3v) is 6.60. The number of pyridine rings is 2. The summed E-state index contributed by atoms with van der Waals surface area (Å²) in [7, 11) is -1.20. The van der Waals surface area contributed by atoms with E-state index in [4.69, 9.17) is 4.98 Å². The van der Waals surface area contributed by atoms with Gasteiger partial charge in [0.25, 0.3) is 0 Å². The van der Waals surface area contributed by atoms with Crippen LogP contribution in [0.4, 0.5) is 0 Å². The lowest BCUT2D eigenvalue weighted by atomic mass is 10.2. The fourth-order valence-electron chi connectivity index (χ4n) is 2.85. The molecule has 4 rings (SSSR count). The van der Waals surface area contributed by atoms with Crippen LogP contribution in [0.3, 0.4) is 0 Å². The maximum Gasteiger partial charge on any atom is 0.128 e. The van der Waals surface area contributed by atoms with Crippen molar-refractivity contribution in [3.8, 4) is 11.4 Å². The van der Waals surface area contributed by atoms with E-state index in [0.717, 1.165) is 27.7 Å². The van der Waals surface area contributed by atoms with Gasteiger partial charge in [0.15, 0.2) is 0 Å². The Kier molecular flexibility index (Phi) is 6.49. The number of aromatic nitrogens is 2. The third kappa shape index (κ3) is 5.40. The van der Waals surface area contributed by atoms with Gasteiger partial charge in [-0.2, -0.15) is 0 Å². The lowest BCUT2D eigenvalue weighted by Gasteiger charge is -2.07. The van der Waals surface area contributed by atoms with Crippen molar-refractivity contribution in [2.24, 2.45) is 0 Å². The van der Waals surface area contributed by atoms with Gasteiger partial charge in [-0.3, -0.25) is 4.21 Å². The topological polar surface area (TPSA) is 42.9 Å². The fourth-order valence-corrected chi connectivity index (χ4v) is 4.77. The standard InChI is InChI=1S/C24H20N2OS2/c27-29(18-20-11-5-2-6-12-20)24-16-8-14-22(26-24)21-13-7-15-23(25-21)28-17-19-9-3-1-4-10-19/h1-16H,17-18H2. The summed E-state index contributed by atoms with van der Waals surface area (Å²) in [5, 5.41) is 1.53. The van der Waals surface area contributed by atoms with Gasteiger partial charge in [-0.1, -0.05) is 72.8 Å². The Morgan fingerprint density at radius 3 is 2.00 bits per heavy atom. The molecule has 29 heavy (non-hydrogen) atoms. The lowest BCUT2D eigenvalue weighted by Crippen LogP contribution is -2.00. The van der Waals surface area contributed by atoms with Crippen molar-refractivity contribution in [1.82, 2.24) is 9.97 Å². The molecule has 3 nitrogen and oxygen atoms in total. The van der Waals surface area contributed by atoms with Crippen LogP contribution in [0.25, 0.3) is 11.4 Å². The molecule has 2 aromatic heterocycles. The number of benzene rings is 2. The highest BCUT2D eigenvalue weighted by Crippen LogP contribution is 2.24. The predicted octanol–water partition coefficient (Wildman–Crippen LogP) is 5.74.